The molecule has 1 aliphatic carbocycles. The third kappa shape index (κ3) is 1.88. The fourth-order valence-electron chi connectivity index (χ4n) is 2.89. The predicted octanol–water partition coefficient (Wildman–Crippen LogP) is 5.04. The molecule has 1 aliphatic rings. The smallest absolute Gasteiger partial charge is 0.0109 e. The van der Waals surface area contributed by atoms with E-state index in [2.05, 4.69) is 55.5 Å². The van der Waals surface area contributed by atoms with Gasteiger partial charge < -0.3 is 0 Å². The van der Waals surface area contributed by atoms with Crippen molar-refractivity contribution in [1.82, 2.24) is 0 Å². The predicted molar refractivity (Wildman–Crippen MR) is 74.9 cm³/mol. The molecule has 0 aliphatic heterocycles. The molecule has 0 N–H and O–H groups in total. The van der Waals surface area contributed by atoms with Crippen LogP contribution < -0.4 is 0 Å². The summed E-state index contributed by atoms with van der Waals surface area (Å²) in [6.07, 6.45) is 6.35. The summed E-state index contributed by atoms with van der Waals surface area (Å²) in [7, 11) is 0. The monoisotopic (exact) mass is 222 g/mol. The first-order valence-corrected chi connectivity index (χ1v) is 6.54. The molecule has 0 heteroatoms. The average molecular weight is 222 g/mol. The van der Waals surface area contributed by atoms with Crippen LogP contribution in [0.4, 0.5) is 0 Å². The van der Waals surface area contributed by atoms with E-state index in [0.29, 0.717) is 5.92 Å². The molecule has 17 heavy (non-hydrogen) atoms. The Morgan fingerprint density at radius 2 is 1.82 bits per heavy atom. The number of fused-ring (bicyclic) bond motifs is 1. The Morgan fingerprint density at radius 3 is 2.71 bits per heavy atom. The lowest BCUT2D eigenvalue weighted by molar-refractivity contribution is 0.602. The molecule has 0 spiro atoms. The molecular weight excluding hydrogens is 204 g/mol. The highest BCUT2D eigenvalue weighted by atomic mass is 14.2. The fourth-order valence-corrected chi connectivity index (χ4v) is 2.89. The van der Waals surface area contributed by atoms with E-state index in [1.807, 2.05) is 0 Å². The first-order valence-electron chi connectivity index (χ1n) is 6.54. The maximum Gasteiger partial charge on any atom is -0.0109 e. The minimum Gasteiger partial charge on any atom is -0.0804 e. The van der Waals surface area contributed by atoms with E-state index in [4.69, 9.17) is 0 Å². The van der Waals surface area contributed by atoms with Crippen molar-refractivity contribution >= 4 is 16.3 Å². The molecule has 0 saturated carbocycles. The van der Waals surface area contributed by atoms with E-state index in [0.717, 1.165) is 0 Å². The molecule has 3 rings (SSSR count). The number of hydrogen-bond donors (Lipinski definition) is 0. The van der Waals surface area contributed by atoms with Crippen LogP contribution in [-0.4, -0.2) is 0 Å². The van der Waals surface area contributed by atoms with Crippen LogP contribution in [0.5, 0.6) is 0 Å². The Balaban J connectivity index is 2.20. The van der Waals surface area contributed by atoms with Gasteiger partial charge in [0.2, 0.25) is 0 Å². The zero-order chi connectivity index (χ0) is 11.7. The van der Waals surface area contributed by atoms with E-state index in [1.165, 1.54) is 35.6 Å². The molecule has 86 valence electrons. The molecular formula is C17H18. The van der Waals surface area contributed by atoms with Gasteiger partial charge in [-0.2, -0.15) is 0 Å². The summed E-state index contributed by atoms with van der Waals surface area (Å²) in [5.74, 6) is 0.703. The van der Waals surface area contributed by atoms with Crippen molar-refractivity contribution < 1.29 is 0 Å². The maximum absolute atomic E-state index is 2.44. The van der Waals surface area contributed by atoms with Gasteiger partial charge in [0.1, 0.15) is 0 Å². The van der Waals surface area contributed by atoms with Crippen molar-refractivity contribution in [3.05, 3.63) is 54.1 Å². The molecule has 2 aromatic rings. The standard InChI is InChI=1S/C17H18/c1-13-7-2-4-10-15(13)17-12-6-9-14-8-3-5-11-16(14)17/h3,5-6,8-13H,2,4,7H2,1H3. The Kier molecular flexibility index (Phi) is 2.72. The molecule has 0 fully saturated rings. The van der Waals surface area contributed by atoms with Crippen molar-refractivity contribution in [1.29, 1.82) is 0 Å². The third-order valence-electron chi connectivity index (χ3n) is 3.84. The summed E-state index contributed by atoms with van der Waals surface area (Å²) in [5, 5.41) is 2.75. The number of rotatable bonds is 1. The van der Waals surface area contributed by atoms with Gasteiger partial charge in [-0.1, -0.05) is 55.5 Å². The number of hydrogen-bond acceptors (Lipinski definition) is 0. The third-order valence-corrected chi connectivity index (χ3v) is 3.84. The van der Waals surface area contributed by atoms with Crippen molar-refractivity contribution in [2.45, 2.75) is 26.2 Å². The van der Waals surface area contributed by atoms with E-state index in [1.54, 1.807) is 5.57 Å². The molecule has 0 saturated heterocycles. The van der Waals surface area contributed by atoms with Gasteiger partial charge in [-0.3, -0.25) is 0 Å². The zero-order valence-electron chi connectivity index (χ0n) is 10.3. The lowest BCUT2D eigenvalue weighted by atomic mass is 9.83. The molecule has 0 nitrogen and oxygen atoms in total. The van der Waals surface area contributed by atoms with Crippen LogP contribution in [0.25, 0.3) is 16.3 Å². The maximum atomic E-state index is 2.44. The molecule has 2 aromatic carbocycles. The Morgan fingerprint density at radius 1 is 1.00 bits per heavy atom. The minimum atomic E-state index is 0.703. The van der Waals surface area contributed by atoms with Gasteiger partial charge in [0.25, 0.3) is 0 Å². The molecule has 0 radical (unpaired) electrons. The normalized spacial score (nSPS) is 20.3. The lowest BCUT2D eigenvalue weighted by Gasteiger charge is -2.22. The summed E-state index contributed by atoms with van der Waals surface area (Å²) in [4.78, 5) is 0. The first-order chi connectivity index (χ1) is 8.36. The molecule has 0 aromatic heterocycles. The van der Waals surface area contributed by atoms with Crippen LogP contribution in [0.15, 0.2) is 48.5 Å². The van der Waals surface area contributed by atoms with Gasteiger partial charge in [-0.25, -0.2) is 0 Å². The number of allylic oxidation sites excluding steroid dienone is 2. The summed E-state index contributed by atoms with van der Waals surface area (Å²) in [6.45, 7) is 2.35. The van der Waals surface area contributed by atoms with E-state index in [9.17, 15) is 0 Å². The van der Waals surface area contributed by atoms with Crippen LogP contribution in [0.3, 0.4) is 0 Å². The second kappa shape index (κ2) is 4.37. The van der Waals surface area contributed by atoms with E-state index >= 15 is 0 Å². The van der Waals surface area contributed by atoms with Crippen LogP contribution in [0.2, 0.25) is 0 Å². The Labute approximate surface area is 103 Å². The van der Waals surface area contributed by atoms with Crippen molar-refractivity contribution in [2.75, 3.05) is 0 Å². The highest BCUT2D eigenvalue weighted by Gasteiger charge is 2.15. The van der Waals surface area contributed by atoms with Crippen molar-refractivity contribution in [3.63, 3.8) is 0 Å². The second-order valence-corrected chi connectivity index (χ2v) is 5.02. The van der Waals surface area contributed by atoms with Crippen molar-refractivity contribution in [2.24, 2.45) is 5.92 Å². The highest BCUT2D eigenvalue weighted by Crippen LogP contribution is 2.35. The summed E-state index contributed by atoms with van der Waals surface area (Å²) < 4.78 is 0. The average Bonchev–Trinajstić information content (AvgIpc) is 2.39. The molecule has 1 atom stereocenters. The Bertz CT molecular complexity index is 558. The van der Waals surface area contributed by atoms with Gasteiger partial charge in [0.15, 0.2) is 0 Å². The number of benzene rings is 2. The molecule has 0 heterocycles. The van der Waals surface area contributed by atoms with Gasteiger partial charge in [-0.15, -0.1) is 0 Å². The van der Waals surface area contributed by atoms with Crippen LogP contribution in [-0.2, 0) is 0 Å². The Hall–Kier alpha value is -1.56. The molecule has 0 bridgehead atoms. The largest absolute Gasteiger partial charge is 0.0804 e. The fraction of sp³-hybridized carbons (Fsp3) is 0.294. The lowest BCUT2D eigenvalue weighted by Crippen LogP contribution is -2.04. The van der Waals surface area contributed by atoms with Crippen molar-refractivity contribution in [3.8, 4) is 0 Å². The topological polar surface area (TPSA) is 0 Å². The molecule has 1 unspecified atom stereocenters. The zero-order valence-corrected chi connectivity index (χ0v) is 10.3. The summed E-state index contributed by atoms with van der Waals surface area (Å²) in [6, 6.07) is 15.4. The highest BCUT2D eigenvalue weighted by molar-refractivity contribution is 5.94. The van der Waals surface area contributed by atoms with Crippen LogP contribution in [0, 0.1) is 5.92 Å². The van der Waals surface area contributed by atoms with E-state index < -0.39 is 0 Å². The first kappa shape index (κ1) is 10.6. The SMILES string of the molecule is CC1CCCC=C1c1cccc2ccccc12. The second-order valence-electron chi connectivity index (χ2n) is 5.02. The van der Waals surface area contributed by atoms with Gasteiger partial charge in [0.05, 0.1) is 0 Å². The van der Waals surface area contributed by atoms with E-state index in [-0.39, 0.29) is 0 Å². The van der Waals surface area contributed by atoms with Crippen LogP contribution >= 0.6 is 0 Å². The van der Waals surface area contributed by atoms with Gasteiger partial charge >= 0.3 is 0 Å². The minimum absolute atomic E-state index is 0.703. The summed E-state index contributed by atoms with van der Waals surface area (Å²) >= 11 is 0. The molecule has 0 amide bonds. The quantitative estimate of drug-likeness (QED) is 0.634. The summed E-state index contributed by atoms with van der Waals surface area (Å²) in [5.41, 5.74) is 2.99. The van der Waals surface area contributed by atoms with Gasteiger partial charge in [0, 0.05) is 0 Å². The van der Waals surface area contributed by atoms with Gasteiger partial charge in [-0.05, 0) is 47.1 Å². The van der Waals surface area contributed by atoms with Crippen LogP contribution in [0.1, 0.15) is 31.7 Å².